The van der Waals surface area contributed by atoms with Gasteiger partial charge in [0.1, 0.15) is 0 Å². The number of thiophene rings is 1. The van der Waals surface area contributed by atoms with Gasteiger partial charge in [0.05, 0.1) is 0 Å². The van der Waals surface area contributed by atoms with Crippen LogP contribution in [0.1, 0.15) is 24.5 Å². The van der Waals surface area contributed by atoms with Crippen molar-refractivity contribution in [2.75, 3.05) is 0 Å². The molecule has 0 spiro atoms. The molecule has 0 aliphatic carbocycles. The maximum Gasteiger partial charge on any atom is 0 e. The molecule has 0 saturated carbocycles. The van der Waals surface area contributed by atoms with E-state index >= 15 is 0 Å². The number of rotatable bonds is 2. The van der Waals surface area contributed by atoms with Crippen LogP contribution in [0.5, 0.6) is 0 Å². The summed E-state index contributed by atoms with van der Waals surface area (Å²) >= 11 is 1.74. The monoisotopic (exact) mass is 278 g/mol. The number of hydrogen-bond donors (Lipinski definition) is 0. The summed E-state index contributed by atoms with van der Waals surface area (Å²) < 4.78 is 1.38. The first-order valence-electron chi connectivity index (χ1n) is 4.71. The molecule has 2 heteroatoms. The molecule has 0 aliphatic heterocycles. The third kappa shape index (κ3) is 2.45. The first kappa shape index (κ1) is 12.4. The van der Waals surface area contributed by atoms with Crippen LogP contribution in [-0.2, 0) is 39.1 Å². The van der Waals surface area contributed by atoms with Crippen molar-refractivity contribution in [2.24, 2.45) is 0 Å². The van der Waals surface area contributed by atoms with Gasteiger partial charge in [-0.25, -0.2) is 0 Å². The molecule has 1 heterocycles. The predicted octanol–water partition coefficient (Wildman–Crippen LogP) is 3.96. The summed E-state index contributed by atoms with van der Waals surface area (Å²) in [4.78, 5) is 0. The molecule has 0 amide bonds. The third-order valence-corrected chi connectivity index (χ3v) is 3.15. The molecule has 0 aliphatic rings. The van der Waals surface area contributed by atoms with E-state index in [1.54, 1.807) is 11.3 Å². The molecule has 14 heavy (non-hydrogen) atoms. The molecule has 0 nitrogen and oxygen atoms in total. The molecule has 0 saturated heterocycles. The molecule has 0 atom stereocenters. The first-order chi connectivity index (χ1) is 6.31. The topological polar surface area (TPSA) is 0 Å². The summed E-state index contributed by atoms with van der Waals surface area (Å²) in [7, 11) is 0. The zero-order valence-electron chi connectivity index (χ0n) is 8.63. The van der Waals surface area contributed by atoms with Gasteiger partial charge in [-0.1, -0.05) is 31.4 Å². The van der Waals surface area contributed by atoms with Gasteiger partial charge < -0.3 is 0 Å². The molecule has 1 aromatic heterocycles. The number of fused-ring (bicyclic) bond motifs is 1. The minimum Gasteiger partial charge on any atom is -0.295 e. The smallest absolute Gasteiger partial charge is 0 e. The summed E-state index contributed by atoms with van der Waals surface area (Å²) in [5.41, 5.74) is 2.73. The van der Waals surface area contributed by atoms with Crippen molar-refractivity contribution in [3.8, 4) is 0 Å². The van der Waals surface area contributed by atoms with E-state index in [9.17, 15) is 0 Å². The van der Waals surface area contributed by atoms with E-state index in [0.717, 1.165) is 6.42 Å². The third-order valence-electron chi connectivity index (χ3n) is 2.25. The number of aryl methyl sites for hydroxylation is 2. The van der Waals surface area contributed by atoms with Crippen LogP contribution in [0.4, 0.5) is 0 Å². The SMILES string of the molecule is CCCc1[c-]sc2cc(C)ccc12.[Y]. The molecule has 0 N–H and O–H groups in total. The number of benzene rings is 1. The molecule has 71 valence electrons. The second kappa shape index (κ2) is 5.39. The Kier molecular flexibility index (Phi) is 4.76. The van der Waals surface area contributed by atoms with E-state index in [-0.39, 0.29) is 32.7 Å². The van der Waals surface area contributed by atoms with Crippen LogP contribution < -0.4 is 0 Å². The van der Waals surface area contributed by atoms with Gasteiger partial charge in [-0.2, -0.15) is 10.9 Å². The second-order valence-electron chi connectivity index (χ2n) is 3.43. The van der Waals surface area contributed by atoms with Crippen LogP contribution >= 0.6 is 11.3 Å². The Morgan fingerprint density at radius 2 is 2.14 bits per heavy atom. The minimum absolute atomic E-state index is 0. The molecule has 1 radical (unpaired) electrons. The Bertz CT molecular complexity index is 417. The van der Waals surface area contributed by atoms with Gasteiger partial charge >= 0.3 is 0 Å². The Balaban J connectivity index is 0.000000980. The van der Waals surface area contributed by atoms with E-state index < -0.39 is 0 Å². The predicted molar refractivity (Wildman–Crippen MR) is 59.4 cm³/mol. The summed E-state index contributed by atoms with van der Waals surface area (Å²) in [5, 5.41) is 4.78. The zero-order chi connectivity index (χ0) is 9.26. The van der Waals surface area contributed by atoms with E-state index in [1.165, 1.54) is 27.6 Å². The van der Waals surface area contributed by atoms with E-state index in [0.29, 0.717) is 0 Å². The van der Waals surface area contributed by atoms with Gasteiger partial charge in [-0.15, -0.1) is 22.2 Å². The summed E-state index contributed by atoms with van der Waals surface area (Å²) in [6.45, 7) is 4.35. The van der Waals surface area contributed by atoms with Crippen LogP contribution in [0.25, 0.3) is 10.1 Å². The molecular formula is C12H13SY-. The fourth-order valence-electron chi connectivity index (χ4n) is 1.57. The molecule has 2 rings (SSSR count). The van der Waals surface area contributed by atoms with Crippen molar-refractivity contribution < 1.29 is 32.7 Å². The van der Waals surface area contributed by atoms with Crippen molar-refractivity contribution in [2.45, 2.75) is 26.7 Å². The molecule has 1 aromatic carbocycles. The van der Waals surface area contributed by atoms with Crippen LogP contribution in [-0.4, -0.2) is 0 Å². The van der Waals surface area contributed by atoms with Crippen molar-refractivity contribution >= 4 is 21.4 Å². The van der Waals surface area contributed by atoms with Crippen LogP contribution in [0.3, 0.4) is 0 Å². The molecule has 0 fully saturated rings. The van der Waals surface area contributed by atoms with Gasteiger partial charge in [-0.05, 0) is 6.92 Å². The normalized spacial score (nSPS) is 10.1. The minimum atomic E-state index is 0. The van der Waals surface area contributed by atoms with Crippen LogP contribution in [0.2, 0.25) is 0 Å². The fraction of sp³-hybridized carbons (Fsp3) is 0.333. The molecule has 2 aromatic rings. The van der Waals surface area contributed by atoms with E-state index in [4.69, 9.17) is 0 Å². The second-order valence-corrected chi connectivity index (χ2v) is 4.28. The Labute approximate surface area is 115 Å². The fourth-order valence-corrected chi connectivity index (χ4v) is 2.56. The standard InChI is InChI=1S/C12H13S.Y/c1-3-4-10-8-13-12-7-9(2)5-6-11(10)12;/h5-7H,3-4H2,1-2H3;/q-1;. The van der Waals surface area contributed by atoms with Crippen molar-refractivity contribution in [1.82, 2.24) is 0 Å². The molecule has 0 unspecified atom stereocenters. The van der Waals surface area contributed by atoms with Crippen LogP contribution in [0.15, 0.2) is 18.2 Å². The van der Waals surface area contributed by atoms with Crippen molar-refractivity contribution in [3.63, 3.8) is 0 Å². The average molecular weight is 278 g/mol. The summed E-state index contributed by atoms with van der Waals surface area (Å²) in [5.74, 6) is 0. The molecule has 0 bridgehead atoms. The van der Waals surface area contributed by atoms with Gasteiger partial charge in [0, 0.05) is 32.7 Å². The van der Waals surface area contributed by atoms with Gasteiger partial charge in [0.25, 0.3) is 0 Å². The maximum atomic E-state index is 3.38. The van der Waals surface area contributed by atoms with E-state index in [2.05, 4.69) is 37.4 Å². The van der Waals surface area contributed by atoms with Crippen molar-refractivity contribution in [1.29, 1.82) is 0 Å². The molecular weight excluding hydrogens is 265 g/mol. The van der Waals surface area contributed by atoms with E-state index in [1.807, 2.05) is 0 Å². The number of hydrogen-bond acceptors (Lipinski definition) is 1. The Morgan fingerprint density at radius 3 is 2.86 bits per heavy atom. The quantitative estimate of drug-likeness (QED) is 0.729. The summed E-state index contributed by atoms with van der Waals surface area (Å²) in [6, 6.07) is 6.65. The van der Waals surface area contributed by atoms with Gasteiger partial charge in [0.2, 0.25) is 0 Å². The van der Waals surface area contributed by atoms with Crippen molar-refractivity contribution in [3.05, 3.63) is 34.7 Å². The van der Waals surface area contributed by atoms with Gasteiger partial charge in [-0.3, -0.25) is 11.3 Å². The van der Waals surface area contributed by atoms with Gasteiger partial charge in [0.15, 0.2) is 0 Å². The maximum absolute atomic E-state index is 3.38. The largest absolute Gasteiger partial charge is 0.295 e. The summed E-state index contributed by atoms with van der Waals surface area (Å²) in [6.07, 6.45) is 2.36. The Hall–Kier alpha value is 0.284. The zero-order valence-corrected chi connectivity index (χ0v) is 12.3. The average Bonchev–Trinajstić information content (AvgIpc) is 2.49. The van der Waals surface area contributed by atoms with Crippen LogP contribution in [0, 0.1) is 12.3 Å². The first-order valence-corrected chi connectivity index (χ1v) is 5.52. The Morgan fingerprint density at radius 1 is 1.36 bits per heavy atom.